The minimum Gasteiger partial charge on any atom is -0.465 e. The number of rotatable bonds is 1. The highest BCUT2D eigenvalue weighted by Gasteiger charge is 2.11. The summed E-state index contributed by atoms with van der Waals surface area (Å²) >= 11 is 7.28. The first-order valence-corrected chi connectivity index (χ1v) is 10.6. The third-order valence-corrected chi connectivity index (χ3v) is 6.76. The molecule has 0 bridgehead atoms. The van der Waals surface area contributed by atoms with Crippen LogP contribution in [-0.4, -0.2) is 18.1 Å². The van der Waals surface area contributed by atoms with Crippen molar-refractivity contribution in [3.05, 3.63) is 93.4 Å². The molecule has 1 heterocycles. The molecule has 5 rings (SSSR count). The highest BCUT2D eigenvalue weighted by atomic mass is 79.9. The highest BCUT2D eigenvalue weighted by Crippen LogP contribution is 2.38. The molecule has 4 aromatic carbocycles. The molecule has 0 amide bonds. The Balaban J connectivity index is 0.000000174. The number of benzene rings is 4. The second kappa shape index (κ2) is 8.39. The molecule has 0 spiro atoms. The monoisotopic (exact) mass is 509 g/mol. The number of carbonyl (C=O) groups is 1. The fraction of sp³-hybridized carbons (Fsp3) is 0.0417. The number of ether oxygens (including phenoxy) is 1. The zero-order valence-corrected chi connectivity index (χ0v) is 18.7. The Bertz CT molecular complexity index is 1330. The Labute approximate surface area is 184 Å². The van der Waals surface area contributed by atoms with Crippen LogP contribution in [0.25, 0.3) is 32.6 Å². The van der Waals surface area contributed by atoms with Crippen LogP contribution >= 0.6 is 31.9 Å². The molecule has 1 N–H and O–H groups in total. The Hall–Kier alpha value is -2.63. The molecule has 29 heavy (non-hydrogen) atoms. The van der Waals surface area contributed by atoms with Crippen LogP contribution in [-0.2, 0) is 4.74 Å². The molecule has 0 aliphatic rings. The van der Waals surface area contributed by atoms with Crippen LogP contribution in [0.3, 0.4) is 0 Å². The smallest absolute Gasteiger partial charge is 0.337 e. The third-order valence-electron chi connectivity index (χ3n) is 4.75. The summed E-state index contributed by atoms with van der Waals surface area (Å²) in [5, 5.41) is 4.99. The standard InChI is InChI=1S/C16H9Br2N.C8H8O2/c17-12-8-6-9-5-7-11-10-3-1-2-4-13(10)19-16(11)14(9)15(12)18;1-10-8(9)7-5-3-2-4-6-7/h1-8,19H;2-6H,1H3. The number of aromatic amines is 1. The second-order valence-electron chi connectivity index (χ2n) is 6.48. The van der Waals surface area contributed by atoms with Gasteiger partial charge in [-0.25, -0.2) is 4.79 Å². The Morgan fingerprint density at radius 3 is 2.28 bits per heavy atom. The lowest BCUT2D eigenvalue weighted by Gasteiger charge is -2.04. The normalized spacial score (nSPS) is 10.7. The van der Waals surface area contributed by atoms with E-state index < -0.39 is 0 Å². The van der Waals surface area contributed by atoms with Gasteiger partial charge in [-0.15, -0.1) is 0 Å². The minimum absolute atomic E-state index is 0.291. The number of methoxy groups -OCH3 is 1. The van der Waals surface area contributed by atoms with E-state index in [9.17, 15) is 4.79 Å². The lowest BCUT2D eigenvalue weighted by atomic mass is 10.1. The van der Waals surface area contributed by atoms with Gasteiger partial charge in [0.1, 0.15) is 0 Å². The molecule has 3 nitrogen and oxygen atoms in total. The van der Waals surface area contributed by atoms with Crippen molar-refractivity contribution in [1.82, 2.24) is 4.98 Å². The van der Waals surface area contributed by atoms with Crippen LogP contribution in [0.5, 0.6) is 0 Å². The number of para-hydroxylation sites is 1. The molecule has 5 aromatic rings. The fourth-order valence-corrected chi connectivity index (χ4v) is 4.25. The van der Waals surface area contributed by atoms with Gasteiger partial charge in [0.2, 0.25) is 0 Å². The van der Waals surface area contributed by atoms with E-state index in [4.69, 9.17) is 0 Å². The van der Waals surface area contributed by atoms with Gasteiger partial charge in [-0.1, -0.05) is 54.6 Å². The summed E-state index contributed by atoms with van der Waals surface area (Å²) in [6, 6.07) is 25.9. The Kier molecular flexibility index (Phi) is 5.69. The van der Waals surface area contributed by atoms with Crippen LogP contribution < -0.4 is 0 Å². The molecule has 0 unspecified atom stereocenters. The summed E-state index contributed by atoms with van der Waals surface area (Å²) in [4.78, 5) is 14.3. The molecular weight excluding hydrogens is 494 g/mol. The third kappa shape index (κ3) is 3.80. The summed E-state index contributed by atoms with van der Waals surface area (Å²) in [6.07, 6.45) is 0. The predicted molar refractivity (Wildman–Crippen MR) is 126 cm³/mol. The highest BCUT2D eigenvalue weighted by molar-refractivity contribution is 9.13. The van der Waals surface area contributed by atoms with Crippen LogP contribution in [0.2, 0.25) is 0 Å². The molecule has 0 atom stereocenters. The molecule has 1 aromatic heterocycles. The first-order chi connectivity index (χ1) is 14.1. The van der Waals surface area contributed by atoms with E-state index in [-0.39, 0.29) is 5.97 Å². The fourth-order valence-electron chi connectivity index (χ4n) is 3.36. The first kappa shape index (κ1) is 19.7. The van der Waals surface area contributed by atoms with Crippen molar-refractivity contribution in [3.63, 3.8) is 0 Å². The van der Waals surface area contributed by atoms with Crippen molar-refractivity contribution in [2.24, 2.45) is 0 Å². The number of aromatic nitrogens is 1. The predicted octanol–water partition coefficient (Wildman–Crippen LogP) is 7.47. The summed E-state index contributed by atoms with van der Waals surface area (Å²) in [5.74, 6) is -0.291. The quantitative estimate of drug-likeness (QED) is 0.237. The maximum Gasteiger partial charge on any atom is 0.337 e. The number of halogens is 2. The lowest BCUT2D eigenvalue weighted by molar-refractivity contribution is 0.0600. The molecule has 5 heteroatoms. The lowest BCUT2D eigenvalue weighted by Crippen LogP contribution is -1.99. The number of hydrogen-bond acceptors (Lipinski definition) is 2. The summed E-state index contributed by atoms with van der Waals surface area (Å²) in [6.45, 7) is 0. The molecule has 0 fully saturated rings. The molecule has 0 saturated carbocycles. The molecule has 0 saturated heterocycles. The molecular formula is C24H17Br2NO2. The van der Waals surface area contributed by atoms with Crippen LogP contribution in [0, 0.1) is 0 Å². The Morgan fingerprint density at radius 1 is 0.828 bits per heavy atom. The van der Waals surface area contributed by atoms with Crippen molar-refractivity contribution in [3.8, 4) is 0 Å². The van der Waals surface area contributed by atoms with Gasteiger partial charge in [0.15, 0.2) is 0 Å². The number of carbonyl (C=O) groups excluding carboxylic acids is 1. The van der Waals surface area contributed by atoms with Crippen LogP contribution in [0.1, 0.15) is 10.4 Å². The van der Waals surface area contributed by atoms with Gasteiger partial charge in [-0.2, -0.15) is 0 Å². The summed E-state index contributed by atoms with van der Waals surface area (Å²) in [5.41, 5.74) is 2.95. The van der Waals surface area contributed by atoms with Crippen molar-refractivity contribution < 1.29 is 9.53 Å². The van der Waals surface area contributed by atoms with Crippen molar-refractivity contribution in [2.75, 3.05) is 7.11 Å². The van der Waals surface area contributed by atoms with Crippen molar-refractivity contribution in [1.29, 1.82) is 0 Å². The zero-order valence-electron chi connectivity index (χ0n) is 15.6. The minimum atomic E-state index is -0.291. The van der Waals surface area contributed by atoms with Gasteiger partial charge in [0.05, 0.1) is 18.2 Å². The van der Waals surface area contributed by atoms with E-state index >= 15 is 0 Å². The largest absolute Gasteiger partial charge is 0.465 e. The van der Waals surface area contributed by atoms with Gasteiger partial charge in [-0.3, -0.25) is 0 Å². The topological polar surface area (TPSA) is 42.1 Å². The number of H-pyrrole nitrogens is 1. The number of hydrogen-bond donors (Lipinski definition) is 1. The maximum atomic E-state index is 10.8. The first-order valence-electron chi connectivity index (χ1n) is 9.00. The molecule has 0 radical (unpaired) electrons. The molecule has 0 aliphatic heterocycles. The molecule has 144 valence electrons. The second-order valence-corrected chi connectivity index (χ2v) is 8.12. The van der Waals surface area contributed by atoms with Crippen LogP contribution in [0.15, 0.2) is 87.8 Å². The number of fused-ring (bicyclic) bond motifs is 5. The zero-order chi connectivity index (χ0) is 20.4. The van der Waals surface area contributed by atoms with Crippen molar-refractivity contribution >= 4 is 70.4 Å². The van der Waals surface area contributed by atoms with Gasteiger partial charge < -0.3 is 9.72 Å². The summed E-state index contributed by atoms with van der Waals surface area (Å²) < 4.78 is 6.67. The Morgan fingerprint density at radius 2 is 1.52 bits per heavy atom. The van der Waals surface area contributed by atoms with Gasteiger partial charge in [0, 0.05) is 30.6 Å². The summed E-state index contributed by atoms with van der Waals surface area (Å²) in [7, 11) is 1.37. The van der Waals surface area contributed by atoms with E-state index in [1.165, 1.54) is 39.7 Å². The van der Waals surface area contributed by atoms with Gasteiger partial charge >= 0.3 is 5.97 Å². The van der Waals surface area contributed by atoms with E-state index in [0.717, 1.165) is 8.95 Å². The van der Waals surface area contributed by atoms with E-state index in [1.54, 1.807) is 24.3 Å². The average molecular weight is 511 g/mol. The SMILES string of the molecule is Brc1ccc2ccc3c4ccccc4[nH]c3c2c1Br.COC(=O)c1ccccc1. The van der Waals surface area contributed by atoms with E-state index in [1.807, 2.05) is 6.07 Å². The van der Waals surface area contributed by atoms with Crippen LogP contribution in [0.4, 0.5) is 0 Å². The van der Waals surface area contributed by atoms with Gasteiger partial charge in [-0.05, 0) is 61.5 Å². The maximum absolute atomic E-state index is 10.8. The van der Waals surface area contributed by atoms with E-state index in [0.29, 0.717) is 5.56 Å². The number of esters is 1. The van der Waals surface area contributed by atoms with Crippen molar-refractivity contribution in [2.45, 2.75) is 0 Å². The average Bonchev–Trinajstić information content (AvgIpc) is 3.15. The molecule has 0 aliphatic carbocycles. The van der Waals surface area contributed by atoms with Gasteiger partial charge in [0.25, 0.3) is 0 Å². The van der Waals surface area contributed by atoms with E-state index in [2.05, 4.69) is 90.1 Å². The number of nitrogens with one attached hydrogen (secondary N) is 1.